The van der Waals surface area contributed by atoms with Crippen molar-refractivity contribution < 1.29 is 9.90 Å². The monoisotopic (exact) mass is 400 g/mol. The zero-order chi connectivity index (χ0) is 18.3. The highest BCUT2D eigenvalue weighted by Gasteiger charge is 2.26. The Balaban J connectivity index is 2.16. The molecule has 1 aliphatic heterocycles. The van der Waals surface area contributed by atoms with E-state index in [0.29, 0.717) is 17.1 Å². The Morgan fingerprint density at radius 3 is 2.28 bits per heavy atom. The predicted octanol–water partition coefficient (Wildman–Crippen LogP) is 5.29. The third-order valence-electron chi connectivity index (χ3n) is 4.37. The lowest BCUT2D eigenvalue weighted by molar-refractivity contribution is -0.110. The maximum Gasteiger partial charge on any atom is 0.257 e. The second-order valence-electron chi connectivity index (χ2n) is 6.92. The largest absolute Gasteiger partial charge is 0.507 e. The Kier molecular flexibility index (Phi) is 4.69. The van der Waals surface area contributed by atoms with Gasteiger partial charge >= 0.3 is 0 Å². The van der Waals surface area contributed by atoms with Crippen LogP contribution in [0, 0.1) is 0 Å². The number of halogens is 1. The molecular weight excluding hydrogens is 380 g/mol. The minimum Gasteiger partial charge on any atom is -0.507 e. The Hall–Kier alpha value is -2.14. The number of carbonyl (C=O) groups is 1. The molecule has 2 N–H and O–H groups in total. The van der Waals surface area contributed by atoms with E-state index >= 15 is 0 Å². The molecule has 2 heterocycles. The molecular formula is C20H21BrN2O2. The van der Waals surface area contributed by atoms with E-state index in [9.17, 15) is 9.90 Å². The Labute approximate surface area is 156 Å². The summed E-state index contributed by atoms with van der Waals surface area (Å²) < 4.78 is 0.824. The van der Waals surface area contributed by atoms with Crippen molar-refractivity contribution in [3.8, 4) is 5.75 Å². The van der Waals surface area contributed by atoms with Crippen LogP contribution in [0.3, 0.4) is 0 Å². The van der Waals surface area contributed by atoms with Gasteiger partial charge in [0.05, 0.1) is 5.57 Å². The molecule has 5 heteroatoms. The number of pyridine rings is 1. The van der Waals surface area contributed by atoms with E-state index in [1.165, 1.54) is 0 Å². The normalized spacial score (nSPS) is 15.2. The van der Waals surface area contributed by atoms with Crippen LogP contribution in [0.15, 0.2) is 28.9 Å². The second-order valence-corrected chi connectivity index (χ2v) is 7.83. The van der Waals surface area contributed by atoms with Crippen molar-refractivity contribution in [1.29, 1.82) is 0 Å². The molecule has 2 aromatic rings. The van der Waals surface area contributed by atoms with Crippen LogP contribution in [0.5, 0.6) is 5.75 Å². The first kappa shape index (κ1) is 17.7. The summed E-state index contributed by atoms with van der Waals surface area (Å²) in [6.07, 6.45) is 3.53. The third-order valence-corrected chi connectivity index (χ3v) is 4.80. The summed E-state index contributed by atoms with van der Waals surface area (Å²) in [5, 5.41) is 13.3. The summed E-state index contributed by atoms with van der Waals surface area (Å²) in [7, 11) is 0. The number of amides is 1. The lowest BCUT2D eigenvalue weighted by atomic mass is 9.90. The van der Waals surface area contributed by atoms with Crippen LogP contribution in [0.25, 0.3) is 11.6 Å². The lowest BCUT2D eigenvalue weighted by Gasteiger charge is -2.16. The van der Waals surface area contributed by atoms with Gasteiger partial charge in [0.1, 0.15) is 11.6 Å². The summed E-state index contributed by atoms with van der Waals surface area (Å²) in [6.45, 7) is 8.20. The van der Waals surface area contributed by atoms with Gasteiger partial charge < -0.3 is 10.4 Å². The molecule has 130 valence electrons. The number of anilines is 1. The van der Waals surface area contributed by atoms with Gasteiger partial charge in [-0.3, -0.25) is 4.79 Å². The number of nitrogens with zero attached hydrogens (tertiary/aromatic N) is 1. The summed E-state index contributed by atoms with van der Waals surface area (Å²) in [4.78, 5) is 16.6. The number of benzene rings is 1. The average molecular weight is 401 g/mol. The topological polar surface area (TPSA) is 62.2 Å². The smallest absolute Gasteiger partial charge is 0.257 e. The first-order valence-electron chi connectivity index (χ1n) is 8.33. The number of nitrogens with one attached hydrogen (secondary N) is 1. The Morgan fingerprint density at radius 1 is 1.12 bits per heavy atom. The zero-order valence-corrected chi connectivity index (χ0v) is 16.3. The molecule has 0 unspecified atom stereocenters. The standard InChI is InChI=1S/C20H21BrN2O2/c1-10(2)14-5-12(6-15(11(3)4)18(14)24)7-17-16-8-13(21)9-22-19(16)23-20(17)25/h5-11,24H,1-4H3,(H,22,23,25). The van der Waals surface area contributed by atoms with Crippen LogP contribution < -0.4 is 5.32 Å². The van der Waals surface area contributed by atoms with Crippen LogP contribution in [-0.2, 0) is 4.79 Å². The van der Waals surface area contributed by atoms with Crippen LogP contribution in [0.1, 0.15) is 61.8 Å². The molecule has 0 bridgehead atoms. The van der Waals surface area contributed by atoms with Crippen LogP contribution >= 0.6 is 15.9 Å². The van der Waals surface area contributed by atoms with Crippen molar-refractivity contribution in [1.82, 2.24) is 4.98 Å². The van der Waals surface area contributed by atoms with Gasteiger partial charge in [-0.15, -0.1) is 0 Å². The molecule has 3 rings (SSSR count). The van der Waals surface area contributed by atoms with E-state index in [4.69, 9.17) is 0 Å². The highest BCUT2D eigenvalue weighted by Crippen LogP contribution is 2.37. The maximum absolute atomic E-state index is 12.4. The van der Waals surface area contributed by atoms with Crippen molar-refractivity contribution >= 4 is 39.3 Å². The molecule has 1 aliphatic rings. The minimum atomic E-state index is -0.161. The molecule has 0 aliphatic carbocycles. The number of fused-ring (bicyclic) bond motifs is 1. The molecule has 0 spiro atoms. The first-order chi connectivity index (χ1) is 11.8. The van der Waals surface area contributed by atoms with Gasteiger partial charge in [0, 0.05) is 16.2 Å². The number of hydrogen-bond donors (Lipinski definition) is 2. The first-order valence-corrected chi connectivity index (χ1v) is 9.13. The predicted molar refractivity (Wildman–Crippen MR) is 105 cm³/mol. The molecule has 1 aromatic carbocycles. The van der Waals surface area contributed by atoms with E-state index in [1.54, 1.807) is 6.20 Å². The number of rotatable bonds is 3. The van der Waals surface area contributed by atoms with E-state index in [1.807, 2.05) is 24.3 Å². The average Bonchev–Trinajstić information content (AvgIpc) is 2.83. The van der Waals surface area contributed by atoms with Gasteiger partial charge in [0.15, 0.2) is 0 Å². The Bertz CT molecular complexity index is 856. The molecule has 25 heavy (non-hydrogen) atoms. The number of carbonyl (C=O) groups excluding carboxylic acids is 1. The molecule has 4 nitrogen and oxygen atoms in total. The SMILES string of the molecule is CC(C)c1cc(C=C2C(=O)Nc3ncc(Br)cc32)cc(C(C)C)c1O. The highest BCUT2D eigenvalue weighted by molar-refractivity contribution is 9.10. The quantitative estimate of drug-likeness (QED) is 0.687. The maximum atomic E-state index is 12.4. The fourth-order valence-electron chi connectivity index (χ4n) is 3.02. The van der Waals surface area contributed by atoms with Gasteiger partial charge in [0.2, 0.25) is 0 Å². The molecule has 0 saturated carbocycles. The Morgan fingerprint density at radius 2 is 1.72 bits per heavy atom. The van der Waals surface area contributed by atoms with Crippen molar-refractivity contribution in [3.63, 3.8) is 0 Å². The molecule has 0 radical (unpaired) electrons. The fourth-order valence-corrected chi connectivity index (χ4v) is 3.35. The summed E-state index contributed by atoms with van der Waals surface area (Å²) >= 11 is 3.41. The minimum absolute atomic E-state index is 0.161. The number of phenols is 1. The van der Waals surface area contributed by atoms with Crippen molar-refractivity contribution in [2.24, 2.45) is 0 Å². The fraction of sp³-hybridized carbons (Fsp3) is 0.300. The van der Waals surface area contributed by atoms with Gasteiger partial charge in [-0.2, -0.15) is 0 Å². The summed E-state index contributed by atoms with van der Waals surface area (Å²) in [5.74, 6) is 1.15. The zero-order valence-electron chi connectivity index (χ0n) is 14.7. The van der Waals surface area contributed by atoms with E-state index in [0.717, 1.165) is 26.7 Å². The molecule has 0 atom stereocenters. The van der Waals surface area contributed by atoms with Crippen molar-refractivity contribution in [2.75, 3.05) is 5.32 Å². The van der Waals surface area contributed by atoms with Gasteiger partial charge in [-0.25, -0.2) is 4.98 Å². The second kappa shape index (κ2) is 6.64. The van der Waals surface area contributed by atoms with E-state index < -0.39 is 0 Å². The number of aromatic nitrogens is 1. The van der Waals surface area contributed by atoms with Gasteiger partial charge in [-0.1, -0.05) is 27.7 Å². The summed E-state index contributed by atoms with van der Waals surface area (Å²) in [6, 6.07) is 5.80. The molecule has 1 aromatic heterocycles. The van der Waals surface area contributed by atoms with Crippen LogP contribution in [0.4, 0.5) is 5.82 Å². The molecule has 1 amide bonds. The third kappa shape index (κ3) is 3.33. The van der Waals surface area contributed by atoms with Crippen molar-refractivity contribution in [3.05, 3.63) is 51.1 Å². The lowest BCUT2D eigenvalue weighted by Crippen LogP contribution is -2.04. The van der Waals surface area contributed by atoms with Gasteiger partial charge in [-0.05, 0) is 68.7 Å². The number of aromatic hydroxyl groups is 1. The van der Waals surface area contributed by atoms with Gasteiger partial charge in [0.25, 0.3) is 5.91 Å². The summed E-state index contributed by atoms with van der Waals surface area (Å²) in [5.41, 5.74) is 4.06. The van der Waals surface area contributed by atoms with E-state index in [2.05, 4.69) is 53.9 Å². The van der Waals surface area contributed by atoms with Crippen LogP contribution in [-0.4, -0.2) is 16.0 Å². The highest BCUT2D eigenvalue weighted by atomic mass is 79.9. The van der Waals surface area contributed by atoms with E-state index in [-0.39, 0.29) is 17.7 Å². The number of hydrogen-bond acceptors (Lipinski definition) is 3. The van der Waals surface area contributed by atoms with Crippen LogP contribution in [0.2, 0.25) is 0 Å². The molecule has 0 saturated heterocycles. The number of phenolic OH excluding ortho intramolecular Hbond substituents is 1. The molecule has 0 fully saturated rings. The van der Waals surface area contributed by atoms with Crippen molar-refractivity contribution in [2.45, 2.75) is 39.5 Å².